The third-order valence-electron chi connectivity index (χ3n) is 3.04. The van der Waals surface area contributed by atoms with Crippen LogP contribution in [0.3, 0.4) is 0 Å². The Morgan fingerprint density at radius 2 is 1.94 bits per heavy atom. The molecular weight excluding hydrogens is 228 g/mol. The number of fused-ring (bicyclic) bond motifs is 1. The van der Waals surface area contributed by atoms with Gasteiger partial charge in [-0.2, -0.15) is 0 Å². The molecule has 0 aliphatic carbocycles. The minimum absolute atomic E-state index is 0.835. The van der Waals surface area contributed by atoms with E-state index in [9.17, 15) is 0 Å². The number of nitrogen functional groups attached to an aromatic ring is 1. The Kier molecular flexibility index (Phi) is 2.23. The van der Waals surface area contributed by atoms with Gasteiger partial charge in [-0.25, -0.2) is 0 Å². The lowest BCUT2D eigenvalue weighted by Crippen LogP contribution is -1.86. The standard InChI is InChI=1S/C14H14N2S/c1-8-3-5-11(15)10-7-12(16-14(8)10)13-6-4-9(2)17-13/h3-7,16H,15H2,1-2H3. The molecule has 0 spiro atoms. The number of nitrogens with two attached hydrogens (primary N) is 1. The van der Waals surface area contributed by atoms with Crippen LogP contribution in [0.1, 0.15) is 10.4 Å². The second-order valence-electron chi connectivity index (χ2n) is 4.35. The molecule has 3 N–H and O–H groups in total. The van der Waals surface area contributed by atoms with Crippen LogP contribution in [-0.2, 0) is 0 Å². The van der Waals surface area contributed by atoms with Gasteiger partial charge in [0.05, 0.1) is 16.1 Å². The van der Waals surface area contributed by atoms with Crippen LogP contribution in [-0.4, -0.2) is 4.98 Å². The molecule has 3 rings (SSSR count). The number of benzene rings is 1. The quantitative estimate of drug-likeness (QED) is 0.620. The molecule has 3 aromatic rings. The second-order valence-corrected chi connectivity index (χ2v) is 5.64. The maximum Gasteiger partial charge on any atom is 0.0567 e. The monoisotopic (exact) mass is 242 g/mol. The second kappa shape index (κ2) is 3.64. The van der Waals surface area contributed by atoms with Gasteiger partial charge in [0.15, 0.2) is 0 Å². The highest BCUT2D eigenvalue weighted by Gasteiger charge is 2.08. The van der Waals surface area contributed by atoms with E-state index in [2.05, 4.69) is 43.1 Å². The van der Waals surface area contributed by atoms with E-state index < -0.39 is 0 Å². The lowest BCUT2D eigenvalue weighted by atomic mass is 10.1. The summed E-state index contributed by atoms with van der Waals surface area (Å²) in [7, 11) is 0. The SMILES string of the molecule is Cc1ccc(-c2cc3c(N)ccc(C)c3[nH]2)s1. The predicted molar refractivity (Wildman–Crippen MR) is 75.5 cm³/mol. The molecular formula is C14H14N2S. The van der Waals surface area contributed by atoms with Gasteiger partial charge in [0, 0.05) is 16.0 Å². The van der Waals surface area contributed by atoms with E-state index in [0.29, 0.717) is 0 Å². The molecule has 0 atom stereocenters. The third-order valence-corrected chi connectivity index (χ3v) is 4.08. The molecule has 2 heterocycles. The number of H-pyrrole nitrogens is 1. The first-order chi connectivity index (χ1) is 8.15. The number of hydrogen-bond donors (Lipinski definition) is 2. The molecule has 0 fully saturated rings. The highest BCUT2D eigenvalue weighted by molar-refractivity contribution is 7.15. The maximum absolute atomic E-state index is 6.01. The van der Waals surface area contributed by atoms with Gasteiger partial charge in [0.2, 0.25) is 0 Å². The normalized spacial score (nSPS) is 11.2. The molecule has 0 saturated heterocycles. The van der Waals surface area contributed by atoms with Crippen molar-refractivity contribution in [1.29, 1.82) is 0 Å². The van der Waals surface area contributed by atoms with Crippen molar-refractivity contribution in [2.75, 3.05) is 5.73 Å². The van der Waals surface area contributed by atoms with Gasteiger partial charge in [-0.05, 0) is 43.7 Å². The first kappa shape index (κ1) is 10.4. The number of aromatic nitrogens is 1. The van der Waals surface area contributed by atoms with Gasteiger partial charge < -0.3 is 10.7 Å². The summed E-state index contributed by atoms with van der Waals surface area (Å²) in [6.45, 7) is 4.22. The van der Waals surface area contributed by atoms with Crippen molar-refractivity contribution in [2.24, 2.45) is 0 Å². The Morgan fingerprint density at radius 1 is 1.12 bits per heavy atom. The number of nitrogens with one attached hydrogen (secondary N) is 1. The van der Waals surface area contributed by atoms with Gasteiger partial charge in [-0.1, -0.05) is 6.07 Å². The van der Waals surface area contributed by atoms with Crippen LogP contribution in [0.15, 0.2) is 30.3 Å². The Bertz CT molecular complexity index is 652. The smallest absolute Gasteiger partial charge is 0.0567 e. The predicted octanol–water partition coefficient (Wildman–Crippen LogP) is 4.10. The molecule has 3 heteroatoms. The zero-order chi connectivity index (χ0) is 12.0. The average molecular weight is 242 g/mol. The summed E-state index contributed by atoms with van der Waals surface area (Å²) < 4.78 is 0. The van der Waals surface area contributed by atoms with E-state index >= 15 is 0 Å². The first-order valence-corrected chi connectivity index (χ1v) is 6.41. The summed E-state index contributed by atoms with van der Waals surface area (Å²) >= 11 is 1.80. The zero-order valence-corrected chi connectivity index (χ0v) is 10.7. The van der Waals surface area contributed by atoms with Crippen LogP contribution in [0.25, 0.3) is 21.5 Å². The van der Waals surface area contributed by atoms with Crippen molar-refractivity contribution in [3.63, 3.8) is 0 Å². The molecule has 1 aromatic carbocycles. The minimum Gasteiger partial charge on any atom is -0.398 e. The van der Waals surface area contributed by atoms with Crippen LogP contribution in [0.2, 0.25) is 0 Å². The molecule has 0 radical (unpaired) electrons. The van der Waals surface area contributed by atoms with Crippen LogP contribution in [0, 0.1) is 13.8 Å². The number of rotatable bonds is 1. The lowest BCUT2D eigenvalue weighted by molar-refractivity contribution is 1.42. The van der Waals surface area contributed by atoms with E-state index in [-0.39, 0.29) is 0 Å². The van der Waals surface area contributed by atoms with Gasteiger partial charge in [0.1, 0.15) is 0 Å². The van der Waals surface area contributed by atoms with Crippen LogP contribution < -0.4 is 5.73 Å². The summed E-state index contributed by atoms with van der Waals surface area (Å²) in [6, 6.07) is 10.5. The van der Waals surface area contributed by atoms with Crippen molar-refractivity contribution in [3.8, 4) is 10.6 Å². The van der Waals surface area contributed by atoms with Crippen molar-refractivity contribution in [1.82, 2.24) is 4.98 Å². The molecule has 0 saturated carbocycles. The van der Waals surface area contributed by atoms with Gasteiger partial charge in [0.25, 0.3) is 0 Å². The number of anilines is 1. The van der Waals surface area contributed by atoms with E-state index in [1.165, 1.54) is 15.3 Å². The van der Waals surface area contributed by atoms with Gasteiger partial charge in [-0.3, -0.25) is 0 Å². The van der Waals surface area contributed by atoms with Gasteiger partial charge >= 0.3 is 0 Å². The number of thiophene rings is 1. The number of aromatic amines is 1. The van der Waals surface area contributed by atoms with Crippen LogP contribution >= 0.6 is 11.3 Å². The van der Waals surface area contributed by atoms with E-state index in [1.54, 1.807) is 11.3 Å². The number of aryl methyl sites for hydroxylation is 2. The van der Waals surface area contributed by atoms with E-state index in [0.717, 1.165) is 22.3 Å². The molecule has 0 amide bonds. The topological polar surface area (TPSA) is 41.8 Å². The summed E-state index contributed by atoms with van der Waals surface area (Å²) in [5.41, 5.74) is 10.4. The fourth-order valence-electron chi connectivity index (χ4n) is 2.09. The zero-order valence-electron chi connectivity index (χ0n) is 9.87. The Hall–Kier alpha value is -1.74. The molecule has 2 nitrogen and oxygen atoms in total. The van der Waals surface area contributed by atoms with Gasteiger partial charge in [-0.15, -0.1) is 11.3 Å². The fraction of sp³-hybridized carbons (Fsp3) is 0.143. The molecule has 0 bridgehead atoms. The maximum atomic E-state index is 6.01. The van der Waals surface area contributed by atoms with Crippen molar-refractivity contribution in [3.05, 3.63) is 40.8 Å². The number of hydrogen-bond acceptors (Lipinski definition) is 2. The molecule has 0 aliphatic rings. The van der Waals surface area contributed by atoms with Crippen LogP contribution in [0.4, 0.5) is 5.69 Å². The highest BCUT2D eigenvalue weighted by Crippen LogP contribution is 2.32. The average Bonchev–Trinajstić information content (AvgIpc) is 2.90. The van der Waals surface area contributed by atoms with Crippen molar-refractivity contribution in [2.45, 2.75) is 13.8 Å². The Morgan fingerprint density at radius 3 is 2.59 bits per heavy atom. The van der Waals surface area contributed by atoms with E-state index in [4.69, 9.17) is 5.73 Å². The summed E-state index contributed by atoms with van der Waals surface area (Å²) in [5, 5.41) is 1.12. The molecule has 0 unspecified atom stereocenters. The van der Waals surface area contributed by atoms with Crippen molar-refractivity contribution < 1.29 is 0 Å². The summed E-state index contributed by atoms with van der Waals surface area (Å²) in [4.78, 5) is 6.05. The largest absolute Gasteiger partial charge is 0.398 e. The minimum atomic E-state index is 0.835. The first-order valence-electron chi connectivity index (χ1n) is 5.60. The summed E-state index contributed by atoms with van der Waals surface area (Å²) in [5.74, 6) is 0. The highest BCUT2D eigenvalue weighted by atomic mass is 32.1. The Balaban J connectivity index is 2.26. The van der Waals surface area contributed by atoms with E-state index in [1.807, 2.05) is 6.07 Å². The molecule has 17 heavy (non-hydrogen) atoms. The fourth-order valence-corrected chi connectivity index (χ4v) is 2.93. The molecule has 86 valence electrons. The third kappa shape index (κ3) is 1.63. The Labute approximate surface area is 104 Å². The van der Waals surface area contributed by atoms with Crippen LogP contribution in [0.5, 0.6) is 0 Å². The van der Waals surface area contributed by atoms with Crippen molar-refractivity contribution >= 4 is 27.9 Å². The summed E-state index contributed by atoms with van der Waals surface area (Å²) in [6.07, 6.45) is 0. The molecule has 2 aromatic heterocycles. The lowest BCUT2D eigenvalue weighted by Gasteiger charge is -1.98. The molecule has 0 aliphatic heterocycles.